The highest BCUT2D eigenvalue weighted by atomic mass is 15.2. The summed E-state index contributed by atoms with van der Waals surface area (Å²) < 4.78 is 0. The van der Waals surface area contributed by atoms with Crippen LogP contribution in [0.15, 0.2) is 9.98 Å². The Morgan fingerprint density at radius 1 is 1.23 bits per heavy atom. The van der Waals surface area contributed by atoms with Gasteiger partial charge in [0.15, 0.2) is 11.9 Å². The maximum Gasteiger partial charge on any atom is 0.195 e. The summed E-state index contributed by atoms with van der Waals surface area (Å²) in [4.78, 5) is 7.98. The molecule has 0 aliphatic heterocycles. The Hall–Kier alpha value is -1.26. The summed E-state index contributed by atoms with van der Waals surface area (Å²) in [5.74, 6) is 1.13. The lowest BCUT2D eigenvalue weighted by Crippen LogP contribution is -2.41. The van der Waals surface area contributed by atoms with Gasteiger partial charge in [-0.2, -0.15) is 0 Å². The van der Waals surface area contributed by atoms with Crippen LogP contribution in [0.5, 0.6) is 0 Å². The van der Waals surface area contributed by atoms with Crippen molar-refractivity contribution in [3.63, 3.8) is 0 Å². The molecule has 0 aliphatic carbocycles. The Balaban J connectivity index is 3.91. The van der Waals surface area contributed by atoms with Gasteiger partial charge in [0.05, 0.1) is 0 Å². The Labute approximate surface area is 79.3 Å². The number of hydrogen-bond acceptors (Lipinski definition) is 2. The second kappa shape index (κ2) is 6.28. The van der Waals surface area contributed by atoms with Crippen LogP contribution in [0.1, 0.15) is 20.8 Å². The van der Waals surface area contributed by atoms with E-state index in [-0.39, 0.29) is 0 Å². The quantitative estimate of drug-likeness (QED) is 0.423. The largest absolute Gasteiger partial charge is 0.370 e. The van der Waals surface area contributed by atoms with Crippen LogP contribution in [-0.4, -0.2) is 25.0 Å². The van der Waals surface area contributed by atoms with Crippen molar-refractivity contribution in [2.24, 2.45) is 27.4 Å². The predicted molar refractivity (Wildman–Crippen MR) is 56.6 cm³/mol. The molecule has 0 aromatic heterocycles. The van der Waals surface area contributed by atoms with Crippen molar-refractivity contribution in [2.75, 3.05) is 13.1 Å². The van der Waals surface area contributed by atoms with Gasteiger partial charge >= 0.3 is 0 Å². The Morgan fingerprint density at radius 2 is 1.77 bits per heavy atom. The third-order valence-corrected chi connectivity index (χ3v) is 1.21. The Bertz CT molecular complexity index is 195. The molecule has 0 unspecified atom stereocenters. The van der Waals surface area contributed by atoms with Crippen LogP contribution < -0.4 is 16.8 Å². The lowest BCUT2D eigenvalue weighted by atomic mass is 10.2. The van der Waals surface area contributed by atoms with Gasteiger partial charge in [-0.15, -0.1) is 0 Å². The fourth-order valence-electron chi connectivity index (χ4n) is 0.662. The molecule has 0 aliphatic rings. The molecular formula is C8H19N5. The average Bonchev–Trinajstić information content (AvgIpc) is 2.01. The number of rotatable bonds is 3. The number of nitrogens with zero attached hydrogens (tertiary/aromatic N) is 2. The van der Waals surface area contributed by atoms with Crippen LogP contribution in [0, 0.1) is 5.92 Å². The number of hydrogen-bond donors (Lipinski definition) is 3. The lowest BCUT2D eigenvalue weighted by molar-refractivity contribution is 0.663. The monoisotopic (exact) mass is 185 g/mol. The number of nitrogens with two attached hydrogens (primary N) is 2. The maximum absolute atomic E-state index is 5.53. The molecule has 0 fully saturated rings. The van der Waals surface area contributed by atoms with E-state index in [1.54, 1.807) is 0 Å². The minimum Gasteiger partial charge on any atom is -0.370 e. The van der Waals surface area contributed by atoms with E-state index in [1.807, 2.05) is 6.92 Å². The van der Waals surface area contributed by atoms with E-state index in [2.05, 4.69) is 29.1 Å². The molecule has 0 radical (unpaired) electrons. The SMILES string of the molecule is CCN=C(N)NC(N)=NCC(C)C. The minimum absolute atomic E-state index is 0.313. The zero-order valence-electron chi connectivity index (χ0n) is 8.54. The van der Waals surface area contributed by atoms with Crippen LogP contribution in [-0.2, 0) is 0 Å². The summed E-state index contributed by atoms with van der Waals surface area (Å²) in [6, 6.07) is 0. The molecule has 0 saturated carbocycles. The zero-order chi connectivity index (χ0) is 10.3. The summed E-state index contributed by atoms with van der Waals surface area (Å²) in [5.41, 5.74) is 11.0. The zero-order valence-corrected chi connectivity index (χ0v) is 8.54. The van der Waals surface area contributed by atoms with Crippen LogP contribution in [0.3, 0.4) is 0 Å². The van der Waals surface area contributed by atoms with Gasteiger partial charge in [-0.1, -0.05) is 13.8 Å². The summed E-state index contributed by atoms with van der Waals surface area (Å²) >= 11 is 0. The lowest BCUT2D eigenvalue weighted by Gasteiger charge is -2.05. The fraction of sp³-hybridized carbons (Fsp3) is 0.750. The van der Waals surface area contributed by atoms with Gasteiger partial charge in [0.2, 0.25) is 0 Å². The Kier molecular flexibility index (Phi) is 5.67. The molecule has 5 N–H and O–H groups in total. The first-order valence-electron chi connectivity index (χ1n) is 4.43. The first-order chi connectivity index (χ1) is 6.06. The standard InChI is InChI=1S/C8H19N5/c1-4-11-7(9)13-8(10)12-5-6(2)3/h6H,4-5H2,1-3H3,(H5,9,10,11,12,13). The normalized spacial score (nSPS) is 13.5. The van der Waals surface area contributed by atoms with Crippen molar-refractivity contribution < 1.29 is 0 Å². The van der Waals surface area contributed by atoms with Gasteiger partial charge < -0.3 is 11.5 Å². The first kappa shape index (κ1) is 11.7. The van der Waals surface area contributed by atoms with Crippen molar-refractivity contribution in [1.82, 2.24) is 5.32 Å². The number of guanidine groups is 2. The number of nitrogens with one attached hydrogen (secondary N) is 1. The molecule has 0 spiro atoms. The topological polar surface area (TPSA) is 88.8 Å². The molecule has 0 bridgehead atoms. The third kappa shape index (κ3) is 7.11. The van der Waals surface area contributed by atoms with Gasteiger partial charge in [-0.25, -0.2) is 0 Å². The molecule has 13 heavy (non-hydrogen) atoms. The van der Waals surface area contributed by atoms with Gasteiger partial charge in [0.25, 0.3) is 0 Å². The van der Waals surface area contributed by atoms with Crippen LogP contribution >= 0.6 is 0 Å². The molecular weight excluding hydrogens is 166 g/mol. The van der Waals surface area contributed by atoms with Crippen LogP contribution in [0.25, 0.3) is 0 Å². The minimum atomic E-state index is 0.313. The van der Waals surface area contributed by atoms with Crippen LogP contribution in [0.4, 0.5) is 0 Å². The van der Waals surface area contributed by atoms with E-state index in [4.69, 9.17) is 11.5 Å². The molecule has 0 saturated heterocycles. The summed E-state index contributed by atoms with van der Waals surface area (Å²) in [6.07, 6.45) is 0. The summed E-state index contributed by atoms with van der Waals surface area (Å²) in [5, 5.41) is 2.69. The van der Waals surface area contributed by atoms with Crippen molar-refractivity contribution >= 4 is 11.9 Å². The molecule has 0 aromatic carbocycles. The molecule has 5 nitrogen and oxygen atoms in total. The second-order valence-electron chi connectivity index (χ2n) is 3.10. The van der Waals surface area contributed by atoms with Gasteiger partial charge in [-0.05, 0) is 12.8 Å². The molecule has 0 amide bonds. The Morgan fingerprint density at radius 3 is 2.23 bits per heavy atom. The molecule has 0 heterocycles. The highest BCUT2D eigenvalue weighted by Gasteiger charge is 1.95. The molecule has 0 rings (SSSR count). The summed E-state index contributed by atoms with van der Waals surface area (Å²) in [6.45, 7) is 7.37. The molecule has 5 heteroatoms. The van der Waals surface area contributed by atoms with E-state index >= 15 is 0 Å². The molecule has 0 aromatic rings. The highest BCUT2D eigenvalue weighted by molar-refractivity contribution is 5.96. The predicted octanol–water partition coefficient (Wildman–Crippen LogP) is -0.119. The fourth-order valence-corrected chi connectivity index (χ4v) is 0.662. The van der Waals surface area contributed by atoms with Crippen molar-refractivity contribution in [1.29, 1.82) is 0 Å². The van der Waals surface area contributed by atoms with Gasteiger partial charge in [-0.3, -0.25) is 15.3 Å². The summed E-state index contributed by atoms with van der Waals surface area (Å²) in [7, 11) is 0. The van der Waals surface area contributed by atoms with E-state index in [9.17, 15) is 0 Å². The molecule has 0 atom stereocenters. The highest BCUT2D eigenvalue weighted by Crippen LogP contribution is 1.90. The van der Waals surface area contributed by atoms with E-state index in [0.29, 0.717) is 30.9 Å². The van der Waals surface area contributed by atoms with Crippen molar-refractivity contribution in [3.05, 3.63) is 0 Å². The smallest absolute Gasteiger partial charge is 0.195 e. The van der Waals surface area contributed by atoms with E-state index < -0.39 is 0 Å². The van der Waals surface area contributed by atoms with E-state index in [0.717, 1.165) is 0 Å². The molecule has 76 valence electrons. The van der Waals surface area contributed by atoms with Crippen molar-refractivity contribution in [2.45, 2.75) is 20.8 Å². The second-order valence-corrected chi connectivity index (χ2v) is 3.10. The van der Waals surface area contributed by atoms with E-state index in [1.165, 1.54) is 0 Å². The van der Waals surface area contributed by atoms with Crippen molar-refractivity contribution in [3.8, 4) is 0 Å². The van der Waals surface area contributed by atoms with Crippen LogP contribution in [0.2, 0.25) is 0 Å². The van der Waals surface area contributed by atoms with Gasteiger partial charge in [0.1, 0.15) is 0 Å². The first-order valence-corrected chi connectivity index (χ1v) is 4.43. The van der Waals surface area contributed by atoms with Gasteiger partial charge in [0, 0.05) is 13.1 Å². The number of aliphatic imine (C=N–C) groups is 2. The average molecular weight is 185 g/mol. The third-order valence-electron chi connectivity index (χ3n) is 1.21. The maximum atomic E-state index is 5.53.